The first-order valence-corrected chi connectivity index (χ1v) is 12.4. The van der Waals surface area contributed by atoms with Crippen molar-refractivity contribution in [2.24, 2.45) is 0 Å². The summed E-state index contributed by atoms with van der Waals surface area (Å²) in [4.78, 5) is 20.4. The Morgan fingerprint density at radius 3 is 2.71 bits per heavy atom. The Kier molecular flexibility index (Phi) is 7.64. The van der Waals surface area contributed by atoms with E-state index in [1.807, 2.05) is 69.5 Å². The Bertz CT molecular complexity index is 1120. The fraction of sp³-hybridized carbons (Fsp3) is 0.400. The van der Waals surface area contributed by atoms with E-state index in [4.69, 9.17) is 14.0 Å². The maximum absolute atomic E-state index is 13.1. The highest BCUT2D eigenvalue weighted by molar-refractivity contribution is 7.13. The van der Waals surface area contributed by atoms with E-state index in [2.05, 4.69) is 15.5 Å². The lowest BCUT2D eigenvalue weighted by molar-refractivity contribution is 0.0736. The molecule has 34 heavy (non-hydrogen) atoms. The molecular weight excluding hydrogens is 452 g/mol. The Morgan fingerprint density at radius 2 is 2.03 bits per heavy atom. The second-order valence-corrected chi connectivity index (χ2v) is 9.16. The highest BCUT2D eigenvalue weighted by atomic mass is 32.1. The zero-order valence-corrected chi connectivity index (χ0v) is 20.7. The van der Waals surface area contributed by atoms with Gasteiger partial charge in [0.25, 0.3) is 5.89 Å². The van der Waals surface area contributed by atoms with Gasteiger partial charge in [0.05, 0.1) is 29.2 Å². The molecule has 1 atom stereocenters. The number of nitrogens with one attached hydrogen (secondary N) is 1. The average Bonchev–Trinajstić information content (AvgIpc) is 3.51. The van der Waals surface area contributed by atoms with Gasteiger partial charge in [-0.3, -0.25) is 4.90 Å². The molecule has 2 aromatic heterocycles. The fourth-order valence-corrected chi connectivity index (χ4v) is 4.53. The minimum absolute atomic E-state index is 0.153. The lowest BCUT2D eigenvalue weighted by Gasteiger charge is -2.35. The standard InChI is InChI=1S/C25H30N4O4S/c1-5-31-19-11-9-18(10-12-19)22-21(24-27-23(28-33-24)20-8-6-15-34-20)17(4)29(25(30)26-22)13-7-14-32-16(2)3/h6,8-12,15-16,22H,5,7,13-14H2,1-4H3,(H,26,30). The van der Waals surface area contributed by atoms with Crippen molar-refractivity contribution in [1.29, 1.82) is 0 Å². The topological polar surface area (TPSA) is 89.7 Å². The van der Waals surface area contributed by atoms with Crippen LogP contribution in [-0.4, -0.2) is 46.9 Å². The summed E-state index contributed by atoms with van der Waals surface area (Å²) in [6, 6.07) is 11.0. The molecule has 0 spiro atoms. The molecule has 0 fully saturated rings. The fourth-order valence-electron chi connectivity index (χ4n) is 3.88. The molecule has 2 amide bonds. The number of carbonyl (C=O) groups is 1. The number of benzene rings is 1. The van der Waals surface area contributed by atoms with E-state index in [1.165, 1.54) is 0 Å². The van der Waals surface area contributed by atoms with Gasteiger partial charge in [-0.25, -0.2) is 4.79 Å². The molecule has 1 aliphatic rings. The lowest BCUT2D eigenvalue weighted by Crippen LogP contribution is -2.46. The highest BCUT2D eigenvalue weighted by Gasteiger charge is 2.35. The Morgan fingerprint density at radius 1 is 1.24 bits per heavy atom. The summed E-state index contributed by atoms with van der Waals surface area (Å²) >= 11 is 1.55. The lowest BCUT2D eigenvalue weighted by atomic mass is 9.94. The summed E-state index contributed by atoms with van der Waals surface area (Å²) in [6.45, 7) is 9.56. The summed E-state index contributed by atoms with van der Waals surface area (Å²) in [6.07, 6.45) is 0.870. The summed E-state index contributed by atoms with van der Waals surface area (Å²) in [5.41, 5.74) is 2.47. The van der Waals surface area contributed by atoms with Crippen molar-refractivity contribution in [3.8, 4) is 16.5 Å². The van der Waals surface area contributed by atoms with Crippen molar-refractivity contribution in [2.75, 3.05) is 19.8 Å². The summed E-state index contributed by atoms with van der Waals surface area (Å²) in [5.74, 6) is 1.70. The Hall–Kier alpha value is -3.17. The number of amides is 2. The quantitative estimate of drug-likeness (QED) is 0.383. The van der Waals surface area contributed by atoms with Gasteiger partial charge in [-0.15, -0.1) is 11.3 Å². The van der Waals surface area contributed by atoms with Gasteiger partial charge in [0, 0.05) is 18.8 Å². The van der Waals surface area contributed by atoms with Gasteiger partial charge in [0.15, 0.2) is 0 Å². The molecule has 9 heteroatoms. The van der Waals surface area contributed by atoms with Gasteiger partial charge >= 0.3 is 6.03 Å². The molecule has 0 saturated carbocycles. The average molecular weight is 483 g/mol. The molecule has 4 rings (SSSR count). The molecule has 0 radical (unpaired) electrons. The molecule has 1 N–H and O–H groups in total. The van der Waals surface area contributed by atoms with Gasteiger partial charge in [-0.1, -0.05) is 23.4 Å². The van der Waals surface area contributed by atoms with Crippen molar-refractivity contribution in [3.05, 3.63) is 58.9 Å². The number of thiophene rings is 1. The normalized spacial score (nSPS) is 16.3. The van der Waals surface area contributed by atoms with Crippen LogP contribution < -0.4 is 10.1 Å². The minimum atomic E-state index is -0.428. The third-order valence-electron chi connectivity index (χ3n) is 5.50. The largest absolute Gasteiger partial charge is 0.494 e. The zero-order chi connectivity index (χ0) is 24.1. The van der Waals surface area contributed by atoms with Crippen LogP contribution in [0.15, 0.2) is 52.0 Å². The SMILES string of the molecule is CCOc1ccc(C2NC(=O)N(CCCOC(C)C)C(C)=C2c2nc(-c3cccs3)no2)cc1. The van der Waals surface area contributed by atoms with Crippen LogP contribution in [0.5, 0.6) is 5.75 Å². The van der Waals surface area contributed by atoms with Crippen molar-refractivity contribution in [3.63, 3.8) is 0 Å². The molecule has 0 saturated heterocycles. The number of urea groups is 1. The first kappa shape index (κ1) is 24.0. The number of hydrogen-bond acceptors (Lipinski definition) is 7. The summed E-state index contributed by atoms with van der Waals surface area (Å²) in [5, 5.41) is 9.29. The van der Waals surface area contributed by atoms with E-state index in [-0.39, 0.29) is 12.1 Å². The van der Waals surface area contributed by atoms with E-state index < -0.39 is 6.04 Å². The maximum atomic E-state index is 13.1. The molecule has 0 bridgehead atoms. The smallest absolute Gasteiger partial charge is 0.322 e. The third kappa shape index (κ3) is 5.31. The van der Waals surface area contributed by atoms with E-state index in [9.17, 15) is 4.79 Å². The van der Waals surface area contributed by atoms with Gasteiger partial charge in [0.2, 0.25) is 5.82 Å². The van der Waals surface area contributed by atoms with Crippen LogP contribution in [0.2, 0.25) is 0 Å². The number of nitrogens with zero attached hydrogens (tertiary/aromatic N) is 3. The number of allylic oxidation sites excluding steroid dienone is 1. The minimum Gasteiger partial charge on any atom is -0.494 e. The van der Waals surface area contributed by atoms with Gasteiger partial charge in [-0.05, 0) is 63.3 Å². The van der Waals surface area contributed by atoms with E-state index in [0.717, 1.165) is 27.5 Å². The van der Waals surface area contributed by atoms with Gasteiger partial charge in [0.1, 0.15) is 5.75 Å². The van der Waals surface area contributed by atoms with Crippen LogP contribution in [0.25, 0.3) is 16.3 Å². The Labute approximate surface area is 203 Å². The third-order valence-corrected chi connectivity index (χ3v) is 6.36. The van der Waals surface area contributed by atoms with Gasteiger partial charge in [-0.2, -0.15) is 4.98 Å². The summed E-state index contributed by atoms with van der Waals surface area (Å²) < 4.78 is 16.9. The van der Waals surface area contributed by atoms with Crippen LogP contribution in [0.1, 0.15) is 51.6 Å². The molecule has 1 unspecified atom stereocenters. The molecule has 0 aliphatic carbocycles. The first-order valence-electron chi connectivity index (χ1n) is 11.5. The van der Waals surface area contributed by atoms with Crippen LogP contribution in [-0.2, 0) is 4.74 Å². The highest BCUT2D eigenvalue weighted by Crippen LogP contribution is 2.38. The number of carbonyl (C=O) groups excluding carboxylic acids is 1. The summed E-state index contributed by atoms with van der Waals surface area (Å²) in [7, 11) is 0. The van der Waals surface area contributed by atoms with E-state index in [0.29, 0.717) is 37.9 Å². The zero-order valence-electron chi connectivity index (χ0n) is 19.9. The number of hydrogen-bond donors (Lipinski definition) is 1. The molecule has 1 aliphatic heterocycles. The van der Waals surface area contributed by atoms with Crippen LogP contribution >= 0.6 is 11.3 Å². The second-order valence-electron chi connectivity index (χ2n) is 8.21. The molecule has 3 aromatic rings. The van der Waals surface area contributed by atoms with E-state index >= 15 is 0 Å². The van der Waals surface area contributed by atoms with Crippen molar-refractivity contribution < 1.29 is 18.8 Å². The molecule has 3 heterocycles. The van der Waals surface area contributed by atoms with Crippen LogP contribution in [0.3, 0.4) is 0 Å². The van der Waals surface area contributed by atoms with Crippen molar-refractivity contribution in [1.82, 2.24) is 20.4 Å². The molecule has 1 aromatic carbocycles. The molecule has 180 valence electrons. The predicted octanol–water partition coefficient (Wildman–Crippen LogP) is 5.51. The van der Waals surface area contributed by atoms with Crippen molar-refractivity contribution in [2.45, 2.75) is 46.3 Å². The maximum Gasteiger partial charge on any atom is 0.322 e. The first-order chi connectivity index (χ1) is 16.5. The van der Waals surface area contributed by atoms with Crippen LogP contribution in [0.4, 0.5) is 4.79 Å². The number of rotatable bonds is 10. The Balaban J connectivity index is 1.68. The van der Waals surface area contributed by atoms with Crippen molar-refractivity contribution >= 4 is 22.9 Å². The molecular formula is C25H30N4O4S. The second kappa shape index (κ2) is 10.8. The molecule has 8 nitrogen and oxygen atoms in total. The van der Waals surface area contributed by atoms with Gasteiger partial charge < -0.3 is 19.3 Å². The number of ether oxygens (including phenoxy) is 2. The monoisotopic (exact) mass is 482 g/mol. The van der Waals surface area contributed by atoms with Crippen LogP contribution in [0, 0.1) is 0 Å². The number of aromatic nitrogens is 2. The van der Waals surface area contributed by atoms with E-state index in [1.54, 1.807) is 16.2 Å². The predicted molar refractivity (Wildman–Crippen MR) is 131 cm³/mol.